The number of nitrogens with zero attached hydrogens (tertiary/aromatic N) is 1. The Bertz CT molecular complexity index is 519. The second-order valence-electron chi connectivity index (χ2n) is 3.50. The van der Waals surface area contributed by atoms with Crippen molar-refractivity contribution in [3.8, 4) is 0 Å². The van der Waals surface area contributed by atoms with Gasteiger partial charge in [-0.1, -0.05) is 0 Å². The van der Waals surface area contributed by atoms with Crippen molar-refractivity contribution in [2.75, 3.05) is 11.9 Å². The molecule has 1 aromatic heterocycles. The van der Waals surface area contributed by atoms with Crippen LogP contribution in [-0.2, 0) is 4.79 Å². The summed E-state index contributed by atoms with van der Waals surface area (Å²) in [6.45, 7) is 2.13. The van der Waals surface area contributed by atoms with Gasteiger partial charge in [0.05, 0.1) is 0 Å². The molecule has 84 valence electrons. The second kappa shape index (κ2) is 4.32. The van der Waals surface area contributed by atoms with Crippen LogP contribution in [0, 0.1) is 6.92 Å². The van der Waals surface area contributed by atoms with Gasteiger partial charge < -0.3 is 15.5 Å². The van der Waals surface area contributed by atoms with Gasteiger partial charge in [0.15, 0.2) is 11.5 Å². The van der Waals surface area contributed by atoms with Crippen molar-refractivity contribution in [3.63, 3.8) is 0 Å². The third-order valence-corrected chi connectivity index (χ3v) is 2.15. The number of hydrogen-bond donors (Lipinski definition) is 2. The Morgan fingerprint density at radius 2 is 2.38 bits per heavy atom. The minimum atomic E-state index is -0.0953. The molecule has 0 spiro atoms. The molecule has 1 heterocycles. The first-order chi connectivity index (χ1) is 7.69. The fourth-order valence-corrected chi connectivity index (χ4v) is 1.47. The third-order valence-electron chi connectivity index (χ3n) is 2.15. The standard InChI is InChI=1S/C11H13N3O2/c1-7-13-9-6-8(2-3-10(9)16-7)14-11(15)4-5-12/h2-3,6H,4-5,12H2,1H3,(H,14,15). The van der Waals surface area contributed by atoms with Gasteiger partial charge in [0, 0.05) is 25.6 Å². The predicted octanol–water partition coefficient (Wildman–Crippen LogP) is 1.42. The van der Waals surface area contributed by atoms with Crippen LogP contribution in [0.15, 0.2) is 22.6 Å². The fraction of sp³-hybridized carbons (Fsp3) is 0.273. The molecule has 16 heavy (non-hydrogen) atoms. The van der Waals surface area contributed by atoms with Crippen LogP contribution in [-0.4, -0.2) is 17.4 Å². The molecule has 0 radical (unpaired) electrons. The van der Waals surface area contributed by atoms with Crippen molar-refractivity contribution >= 4 is 22.7 Å². The minimum Gasteiger partial charge on any atom is -0.441 e. The summed E-state index contributed by atoms with van der Waals surface area (Å²) in [4.78, 5) is 15.5. The second-order valence-corrected chi connectivity index (χ2v) is 3.50. The SMILES string of the molecule is Cc1nc2cc(NC(=O)CCN)ccc2o1. The third kappa shape index (κ3) is 2.20. The average molecular weight is 219 g/mol. The van der Waals surface area contributed by atoms with Crippen LogP contribution in [0.2, 0.25) is 0 Å². The van der Waals surface area contributed by atoms with Crippen molar-refractivity contribution in [2.24, 2.45) is 5.73 Å². The maximum Gasteiger partial charge on any atom is 0.225 e. The highest BCUT2D eigenvalue weighted by atomic mass is 16.3. The van der Waals surface area contributed by atoms with Gasteiger partial charge in [-0.15, -0.1) is 0 Å². The Hall–Kier alpha value is -1.88. The lowest BCUT2D eigenvalue weighted by molar-refractivity contribution is -0.116. The molecule has 0 aliphatic carbocycles. The number of rotatable bonds is 3. The molecule has 5 nitrogen and oxygen atoms in total. The number of carbonyl (C=O) groups is 1. The van der Waals surface area contributed by atoms with E-state index in [4.69, 9.17) is 10.2 Å². The topological polar surface area (TPSA) is 81.2 Å². The predicted molar refractivity (Wildman–Crippen MR) is 61.0 cm³/mol. The number of hydrogen-bond acceptors (Lipinski definition) is 4. The zero-order valence-corrected chi connectivity index (χ0v) is 8.99. The molecule has 0 saturated heterocycles. The van der Waals surface area contributed by atoms with Gasteiger partial charge in [0.2, 0.25) is 5.91 Å². The quantitative estimate of drug-likeness (QED) is 0.818. The molecule has 0 fully saturated rings. The number of anilines is 1. The van der Waals surface area contributed by atoms with Crippen LogP contribution in [0.25, 0.3) is 11.1 Å². The van der Waals surface area contributed by atoms with Crippen molar-refractivity contribution in [2.45, 2.75) is 13.3 Å². The van der Waals surface area contributed by atoms with Gasteiger partial charge in [0.1, 0.15) is 5.52 Å². The molecule has 0 bridgehead atoms. The molecular formula is C11H13N3O2. The Balaban J connectivity index is 2.22. The summed E-state index contributed by atoms with van der Waals surface area (Å²) in [6.07, 6.45) is 0.315. The van der Waals surface area contributed by atoms with Crippen LogP contribution in [0.5, 0.6) is 0 Å². The number of carbonyl (C=O) groups excluding carboxylic acids is 1. The lowest BCUT2D eigenvalue weighted by Crippen LogP contribution is -2.15. The number of fused-ring (bicyclic) bond motifs is 1. The maximum absolute atomic E-state index is 11.3. The van der Waals surface area contributed by atoms with Gasteiger partial charge in [-0.05, 0) is 18.2 Å². The van der Waals surface area contributed by atoms with Crippen LogP contribution in [0.1, 0.15) is 12.3 Å². The van der Waals surface area contributed by atoms with Crippen LogP contribution < -0.4 is 11.1 Å². The Kier molecular flexibility index (Phi) is 2.87. The Morgan fingerprint density at radius 3 is 3.12 bits per heavy atom. The number of amides is 1. The first kappa shape index (κ1) is 10.6. The normalized spacial score (nSPS) is 10.6. The van der Waals surface area contributed by atoms with E-state index in [0.29, 0.717) is 30.1 Å². The molecule has 2 rings (SSSR count). The molecule has 1 aromatic carbocycles. The molecule has 5 heteroatoms. The smallest absolute Gasteiger partial charge is 0.225 e. The van der Waals surface area contributed by atoms with E-state index in [-0.39, 0.29) is 5.91 Å². The van der Waals surface area contributed by atoms with Gasteiger partial charge in [-0.2, -0.15) is 0 Å². The first-order valence-corrected chi connectivity index (χ1v) is 5.06. The van der Waals surface area contributed by atoms with Crippen molar-refractivity contribution in [3.05, 3.63) is 24.1 Å². The summed E-state index contributed by atoms with van der Waals surface area (Å²) in [5.41, 5.74) is 7.45. The molecule has 2 aromatic rings. The van der Waals surface area contributed by atoms with E-state index in [9.17, 15) is 4.79 Å². The fourth-order valence-electron chi connectivity index (χ4n) is 1.47. The van der Waals surface area contributed by atoms with Crippen LogP contribution in [0.4, 0.5) is 5.69 Å². The number of nitrogens with two attached hydrogens (primary N) is 1. The van der Waals surface area contributed by atoms with Gasteiger partial charge in [-0.25, -0.2) is 4.98 Å². The van der Waals surface area contributed by atoms with Crippen molar-refractivity contribution in [1.29, 1.82) is 0 Å². The van der Waals surface area contributed by atoms with E-state index in [1.54, 1.807) is 25.1 Å². The summed E-state index contributed by atoms with van der Waals surface area (Å²) in [7, 11) is 0. The van der Waals surface area contributed by atoms with E-state index in [1.165, 1.54) is 0 Å². The van der Waals surface area contributed by atoms with E-state index in [1.807, 2.05) is 0 Å². The zero-order chi connectivity index (χ0) is 11.5. The summed E-state index contributed by atoms with van der Waals surface area (Å²) in [5, 5.41) is 2.74. The Morgan fingerprint density at radius 1 is 1.56 bits per heavy atom. The highest BCUT2D eigenvalue weighted by Crippen LogP contribution is 2.19. The molecule has 3 N–H and O–H groups in total. The Labute approximate surface area is 92.6 Å². The zero-order valence-electron chi connectivity index (χ0n) is 8.99. The average Bonchev–Trinajstić information content (AvgIpc) is 2.57. The number of nitrogens with one attached hydrogen (secondary N) is 1. The molecule has 1 amide bonds. The van der Waals surface area contributed by atoms with E-state index in [2.05, 4.69) is 10.3 Å². The summed E-state index contributed by atoms with van der Waals surface area (Å²) in [5.74, 6) is 0.516. The number of oxazole rings is 1. The van der Waals surface area contributed by atoms with E-state index in [0.717, 1.165) is 5.52 Å². The van der Waals surface area contributed by atoms with Gasteiger partial charge >= 0.3 is 0 Å². The highest BCUT2D eigenvalue weighted by molar-refractivity contribution is 5.92. The lowest BCUT2D eigenvalue weighted by Gasteiger charge is -2.02. The van der Waals surface area contributed by atoms with Crippen LogP contribution in [0.3, 0.4) is 0 Å². The largest absolute Gasteiger partial charge is 0.441 e. The summed E-state index contributed by atoms with van der Waals surface area (Å²) in [6, 6.07) is 5.34. The number of aromatic nitrogens is 1. The van der Waals surface area contributed by atoms with Gasteiger partial charge in [-0.3, -0.25) is 4.79 Å². The number of benzene rings is 1. The summed E-state index contributed by atoms with van der Waals surface area (Å²) < 4.78 is 5.33. The van der Waals surface area contributed by atoms with E-state index < -0.39 is 0 Å². The number of aryl methyl sites for hydroxylation is 1. The maximum atomic E-state index is 11.3. The van der Waals surface area contributed by atoms with Gasteiger partial charge in [0.25, 0.3) is 0 Å². The van der Waals surface area contributed by atoms with Crippen molar-refractivity contribution in [1.82, 2.24) is 4.98 Å². The summed E-state index contributed by atoms with van der Waals surface area (Å²) >= 11 is 0. The molecule has 0 unspecified atom stereocenters. The monoisotopic (exact) mass is 219 g/mol. The van der Waals surface area contributed by atoms with Crippen LogP contribution >= 0.6 is 0 Å². The molecular weight excluding hydrogens is 206 g/mol. The molecule has 0 saturated carbocycles. The molecule has 0 aliphatic rings. The van der Waals surface area contributed by atoms with Crippen molar-refractivity contribution < 1.29 is 9.21 Å². The molecule has 0 aliphatic heterocycles. The molecule has 0 atom stereocenters. The minimum absolute atomic E-state index is 0.0953. The lowest BCUT2D eigenvalue weighted by atomic mass is 10.2. The first-order valence-electron chi connectivity index (χ1n) is 5.06. The highest BCUT2D eigenvalue weighted by Gasteiger charge is 2.05. The van der Waals surface area contributed by atoms with E-state index >= 15 is 0 Å².